The number of nitrogens with zero attached hydrogens (tertiary/aromatic N) is 4. The SMILES string of the molecule is CCc1c(C#N)nnn1Cc1ccc(C)cc1. The van der Waals surface area contributed by atoms with E-state index in [2.05, 4.69) is 47.6 Å². The van der Waals surface area contributed by atoms with E-state index in [0.29, 0.717) is 12.2 Å². The van der Waals surface area contributed by atoms with E-state index in [1.165, 1.54) is 11.1 Å². The molecule has 0 amide bonds. The lowest BCUT2D eigenvalue weighted by Gasteiger charge is -2.05. The van der Waals surface area contributed by atoms with E-state index in [4.69, 9.17) is 5.26 Å². The molecule has 0 fully saturated rings. The van der Waals surface area contributed by atoms with Crippen LogP contribution < -0.4 is 0 Å². The van der Waals surface area contributed by atoms with Gasteiger partial charge in [0, 0.05) is 0 Å². The molecular formula is C13H14N4. The zero-order chi connectivity index (χ0) is 12.3. The summed E-state index contributed by atoms with van der Waals surface area (Å²) in [6.07, 6.45) is 0.766. The van der Waals surface area contributed by atoms with Crippen molar-refractivity contribution >= 4 is 0 Å². The third-order valence-electron chi connectivity index (χ3n) is 2.73. The molecule has 0 bridgehead atoms. The van der Waals surface area contributed by atoms with Crippen LogP contribution in [0, 0.1) is 18.3 Å². The first-order valence-electron chi connectivity index (χ1n) is 5.62. The first-order valence-corrected chi connectivity index (χ1v) is 5.62. The van der Waals surface area contributed by atoms with Crippen molar-refractivity contribution in [2.45, 2.75) is 26.8 Å². The second kappa shape index (κ2) is 4.79. The second-order valence-corrected chi connectivity index (χ2v) is 3.99. The molecule has 17 heavy (non-hydrogen) atoms. The van der Waals surface area contributed by atoms with Crippen LogP contribution in [-0.2, 0) is 13.0 Å². The molecule has 2 aromatic rings. The number of aryl methyl sites for hydroxylation is 1. The summed E-state index contributed by atoms with van der Waals surface area (Å²) in [5, 5.41) is 16.8. The van der Waals surface area contributed by atoms with E-state index in [1.54, 1.807) is 4.68 Å². The van der Waals surface area contributed by atoms with Gasteiger partial charge in [-0.1, -0.05) is 42.0 Å². The summed E-state index contributed by atoms with van der Waals surface area (Å²) in [7, 11) is 0. The standard InChI is InChI=1S/C13H14N4/c1-3-13-12(8-14)15-16-17(13)9-11-6-4-10(2)5-7-11/h4-7H,3,9H2,1-2H3. The Hall–Kier alpha value is -2.15. The topological polar surface area (TPSA) is 54.5 Å². The van der Waals surface area contributed by atoms with E-state index >= 15 is 0 Å². The molecule has 1 aromatic heterocycles. The molecule has 0 N–H and O–H groups in total. The Kier molecular flexibility index (Phi) is 3.20. The maximum atomic E-state index is 8.90. The molecule has 0 radical (unpaired) electrons. The molecule has 0 aliphatic rings. The fourth-order valence-electron chi connectivity index (χ4n) is 1.76. The minimum atomic E-state index is 0.430. The highest BCUT2D eigenvalue weighted by Gasteiger charge is 2.10. The molecule has 1 aromatic carbocycles. The third-order valence-corrected chi connectivity index (χ3v) is 2.73. The third kappa shape index (κ3) is 2.34. The minimum absolute atomic E-state index is 0.430. The normalized spacial score (nSPS) is 10.2. The zero-order valence-corrected chi connectivity index (χ0v) is 10.0. The van der Waals surface area contributed by atoms with Crippen LogP contribution in [-0.4, -0.2) is 15.0 Å². The van der Waals surface area contributed by atoms with Gasteiger partial charge in [0.25, 0.3) is 0 Å². The summed E-state index contributed by atoms with van der Waals surface area (Å²) in [6, 6.07) is 10.4. The second-order valence-electron chi connectivity index (χ2n) is 3.99. The Labute approximate surface area is 101 Å². The summed E-state index contributed by atoms with van der Waals surface area (Å²) in [5.74, 6) is 0. The van der Waals surface area contributed by atoms with Crippen molar-refractivity contribution in [3.63, 3.8) is 0 Å². The van der Waals surface area contributed by atoms with Crippen molar-refractivity contribution in [3.05, 3.63) is 46.8 Å². The average Bonchev–Trinajstić information content (AvgIpc) is 2.74. The van der Waals surface area contributed by atoms with Crippen LogP contribution in [0.1, 0.15) is 29.4 Å². The maximum absolute atomic E-state index is 8.90. The predicted octanol–water partition coefficient (Wildman–Crippen LogP) is 2.07. The monoisotopic (exact) mass is 226 g/mol. The highest BCUT2D eigenvalue weighted by molar-refractivity contribution is 5.26. The summed E-state index contributed by atoms with van der Waals surface area (Å²) in [4.78, 5) is 0. The van der Waals surface area contributed by atoms with Crippen LogP contribution in [0.3, 0.4) is 0 Å². The van der Waals surface area contributed by atoms with Crippen LogP contribution in [0.25, 0.3) is 0 Å². The van der Waals surface area contributed by atoms with Crippen molar-refractivity contribution < 1.29 is 0 Å². The average molecular weight is 226 g/mol. The lowest BCUT2D eigenvalue weighted by atomic mass is 10.1. The van der Waals surface area contributed by atoms with Crippen molar-refractivity contribution in [1.29, 1.82) is 5.26 Å². The van der Waals surface area contributed by atoms with E-state index in [9.17, 15) is 0 Å². The van der Waals surface area contributed by atoms with Gasteiger partial charge in [0.1, 0.15) is 6.07 Å². The van der Waals surface area contributed by atoms with Gasteiger partial charge >= 0.3 is 0 Å². The van der Waals surface area contributed by atoms with Crippen LogP contribution in [0.2, 0.25) is 0 Å². The van der Waals surface area contributed by atoms with Gasteiger partial charge in [0.05, 0.1) is 12.2 Å². The van der Waals surface area contributed by atoms with Crippen molar-refractivity contribution in [1.82, 2.24) is 15.0 Å². The molecule has 0 saturated heterocycles. The highest BCUT2D eigenvalue weighted by atomic mass is 15.4. The molecule has 1 heterocycles. The first-order chi connectivity index (χ1) is 8.24. The fraction of sp³-hybridized carbons (Fsp3) is 0.308. The van der Waals surface area contributed by atoms with Gasteiger partial charge in [0.15, 0.2) is 5.69 Å². The minimum Gasteiger partial charge on any atom is -0.244 e. The molecule has 0 saturated carbocycles. The lowest BCUT2D eigenvalue weighted by molar-refractivity contribution is 0.622. The maximum Gasteiger partial charge on any atom is 0.185 e. The van der Waals surface area contributed by atoms with Gasteiger partial charge in [-0.25, -0.2) is 4.68 Å². The van der Waals surface area contributed by atoms with Crippen LogP contribution >= 0.6 is 0 Å². The van der Waals surface area contributed by atoms with Crippen molar-refractivity contribution in [2.75, 3.05) is 0 Å². The van der Waals surface area contributed by atoms with Gasteiger partial charge in [-0.15, -0.1) is 5.10 Å². The molecule has 0 aliphatic carbocycles. The number of aromatic nitrogens is 3. The molecule has 0 atom stereocenters. The van der Waals surface area contributed by atoms with Crippen molar-refractivity contribution in [2.24, 2.45) is 0 Å². The molecule has 4 nitrogen and oxygen atoms in total. The van der Waals surface area contributed by atoms with Crippen LogP contribution in [0.5, 0.6) is 0 Å². The fourth-order valence-corrected chi connectivity index (χ4v) is 1.76. The molecule has 0 spiro atoms. The van der Waals surface area contributed by atoms with Gasteiger partial charge in [-0.2, -0.15) is 5.26 Å². The number of hydrogen-bond acceptors (Lipinski definition) is 3. The van der Waals surface area contributed by atoms with Gasteiger partial charge in [-0.05, 0) is 18.9 Å². The Bertz CT molecular complexity index is 546. The number of hydrogen-bond donors (Lipinski definition) is 0. The Morgan fingerprint density at radius 3 is 2.59 bits per heavy atom. The molecule has 0 aliphatic heterocycles. The molecule has 86 valence electrons. The van der Waals surface area contributed by atoms with Gasteiger partial charge in [0.2, 0.25) is 0 Å². The Morgan fingerprint density at radius 2 is 2.00 bits per heavy atom. The van der Waals surface area contributed by atoms with E-state index in [0.717, 1.165) is 12.1 Å². The van der Waals surface area contributed by atoms with E-state index < -0.39 is 0 Å². The quantitative estimate of drug-likeness (QED) is 0.805. The molecule has 0 unspecified atom stereocenters. The van der Waals surface area contributed by atoms with Crippen LogP contribution in [0.15, 0.2) is 24.3 Å². The summed E-state index contributed by atoms with van der Waals surface area (Å²) in [6.45, 7) is 4.73. The number of rotatable bonds is 3. The largest absolute Gasteiger partial charge is 0.244 e. The summed E-state index contributed by atoms with van der Waals surface area (Å²) in [5.41, 5.74) is 3.73. The van der Waals surface area contributed by atoms with Crippen LogP contribution in [0.4, 0.5) is 0 Å². The van der Waals surface area contributed by atoms with Gasteiger partial charge < -0.3 is 0 Å². The highest BCUT2D eigenvalue weighted by Crippen LogP contribution is 2.09. The number of benzene rings is 1. The summed E-state index contributed by atoms with van der Waals surface area (Å²) >= 11 is 0. The van der Waals surface area contributed by atoms with Gasteiger partial charge in [-0.3, -0.25) is 0 Å². The zero-order valence-electron chi connectivity index (χ0n) is 10.0. The Balaban J connectivity index is 2.27. The van der Waals surface area contributed by atoms with E-state index in [1.807, 2.05) is 6.92 Å². The Morgan fingerprint density at radius 1 is 1.29 bits per heavy atom. The lowest BCUT2D eigenvalue weighted by Crippen LogP contribution is -2.06. The summed E-state index contributed by atoms with van der Waals surface area (Å²) < 4.78 is 1.79. The predicted molar refractivity (Wildman–Crippen MR) is 64.4 cm³/mol. The molecule has 4 heteroatoms. The van der Waals surface area contributed by atoms with Crippen molar-refractivity contribution in [3.8, 4) is 6.07 Å². The van der Waals surface area contributed by atoms with E-state index in [-0.39, 0.29) is 0 Å². The first kappa shape index (κ1) is 11.3. The smallest absolute Gasteiger partial charge is 0.185 e. The number of nitriles is 1. The molecular weight excluding hydrogens is 212 g/mol. The molecule has 2 rings (SSSR count).